The van der Waals surface area contributed by atoms with E-state index in [0.29, 0.717) is 12.0 Å². The Hall–Kier alpha value is -1.81. The lowest BCUT2D eigenvalue weighted by Gasteiger charge is -2.25. The van der Waals surface area contributed by atoms with Gasteiger partial charge in [0.25, 0.3) is 0 Å². The fourth-order valence-corrected chi connectivity index (χ4v) is 2.78. The Balaban J connectivity index is 1.91. The summed E-state index contributed by atoms with van der Waals surface area (Å²) in [6, 6.07) is 10.4. The van der Waals surface area contributed by atoms with Crippen molar-refractivity contribution >= 4 is 0 Å². The summed E-state index contributed by atoms with van der Waals surface area (Å²) < 4.78 is 0. The third kappa shape index (κ3) is 2.85. The van der Waals surface area contributed by atoms with Crippen LogP contribution in [0.5, 0.6) is 0 Å². The first-order valence-corrected chi connectivity index (χ1v) is 7.26. The maximum absolute atomic E-state index is 5.97. The highest BCUT2D eigenvalue weighted by molar-refractivity contribution is 5.54. The van der Waals surface area contributed by atoms with Crippen LogP contribution in [0, 0.1) is 6.92 Å². The van der Waals surface area contributed by atoms with E-state index in [4.69, 9.17) is 5.73 Å². The minimum Gasteiger partial charge on any atom is -0.328 e. The molecule has 2 N–H and O–H groups in total. The Morgan fingerprint density at radius 1 is 0.950 bits per heavy atom. The molecule has 104 valence electrons. The number of hydrogen-bond donors (Lipinski definition) is 1. The highest BCUT2D eigenvalue weighted by atomic mass is 15.0. The molecule has 0 amide bonds. The molecule has 0 saturated heterocycles. The summed E-state index contributed by atoms with van der Waals surface area (Å²) in [5.41, 5.74) is 7.02. The molecular formula is C16H20N4. The summed E-state index contributed by atoms with van der Waals surface area (Å²) in [5, 5.41) is 0. The summed E-state index contributed by atoms with van der Waals surface area (Å²) in [6.45, 7) is 1.94. The van der Waals surface area contributed by atoms with Crippen molar-refractivity contribution in [2.75, 3.05) is 0 Å². The highest BCUT2D eigenvalue weighted by Crippen LogP contribution is 2.30. The zero-order valence-electron chi connectivity index (χ0n) is 11.8. The molecule has 1 aliphatic rings. The molecule has 0 radical (unpaired) electrons. The molecule has 1 aromatic carbocycles. The van der Waals surface area contributed by atoms with Crippen LogP contribution in [-0.4, -0.2) is 21.0 Å². The van der Waals surface area contributed by atoms with Gasteiger partial charge in [-0.2, -0.15) is 0 Å². The SMILES string of the molecule is Cc1nc(-c2ccccc2)nc(C2CCC(N)CC2)n1. The van der Waals surface area contributed by atoms with Crippen LogP contribution in [-0.2, 0) is 0 Å². The van der Waals surface area contributed by atoms with Crippen LogP contribution in [0.25, 0.3) is 11.4 Å². The maximum atomic E-state index is 5.97. The van der Waals surface area contributed by atoms with Gasteiger partial charge in [-0.05, 0) is 32.6 Å². The molecule has 1 heterocycles. The molecule has 0 unspecified atom stereocenters. The van der Waals surface area contributed by atoms with Gasteiger partial charge in [-0.1, -0.05) is 30.3 Å². The molecule has 1 fully saturated rings. The second-order valence-electron chi connectivity index (χ2n) is 5.54. The summed E-state index contributed by atoms with van der Waals surface area (Å²) in [5.74, 6) is 2.94. The zero-order chi connectivity index (χ0) is 13.9. The maximum Gasteiger partial charge on any atom is 0.163 e. The second-order valence-corrected chi connectivity index (χ2v) is 5.54. The van der Waals surface area contributed by atoms with Gasteiger partial charge in [0.1, 0.15) is 11.6 Å². The van der Waals surface area contributed by atoms with Crippen LogP contribution in [0.15, 0.2) is 30.3 Å². The number of hydrogen-bond acceptors (Lipinski definition) is 4. The van der Waals surface area contributed by atoms with Crippen LogP contribution in [0.3, 0.4) is 0 Å². The van der Waals surface area contributed by atoms with Crippen molar-refractivity contribution in [3.8, 4) is 11.4 Å². The largest absolute Gasteiger partial charge is 0.328 e. The molecule has 4 heteroatoms. The van der Waals surface area contributed by atoms with Crippen molar-refractivity contribution in [2.45, 2.75) is 44.6 Å². The molecule has 20 heavy (non-hydrogen) atoms. The number of aromatic nitrogens is 3. The quantitative estimate of drug-likeness (QED) is 0.909. The summed E-state index contributed by atoms with van der Waals surface area (Å²) in [7, 11) is 0. The van der Waals surface area contributed by atoms with Crippen molar-refractivity contribution in [3.05, 3.63) is 42.0 Å². The average Bonchev–Trinajstić information content (AvgIpc) is 2.48. The van der Waals surface area contributed by atoms with Crippen LogP contribution in [0.4, 0.5) is 0 Å². The van der Waals surface area contributed by atoms with Crippen LogP contribution < -0.4 is 5.73 Å². The fourth-order valence-electron chi connectivity index (χ4n) is 2.78. The van der Waals surface area contributed by atoms with E-state index in [0.717, 1.165) is 48.7 Å². The third-order valence-electron chi connectivity index (χ3n) is 3.93. The molecule has 3 rings (SSSR count). The van der Waals surface area contributed by atoms with E-state index in [1.54, 1.807) is 0 Å². The Morgan fingerprint density at radius 3 is 2.35 bits per heavy atom. The number of nitrogens with two attached hydrogens (primary N) is 1. The van der Waals surface area contributed by atoms with Gasteiger partial charge in [0.05, 0.1) is 0 Å². The minimum atomic E-state index is 0.350. The van der Waals surface area contributed by atoms with Crippen LogP contribution in [0.1, 0.15) is 43.3 Å². The van der Waals surface area contributed by atoms with Crippen molar-refractivity contribution in [2.24, 2.45) is 5.73 Å². The molecule has 1 aliphatic carbocycles. The third-order valence-corrected chi connectivity index (χ3v) is 3.93. The molecule has 0 spiro atoms. The average molecular weight is 268 g/mol. The topological polar surface area (TPSA) is 64.7 Å². The van der Waals surface area contributed by atoms with Gasteiger partial charge in [0, 0.05) is 17.5 Å². The van der Waals surface area contributed by atoms with Crippen LogP contribution in [0.2, 0.25) is 0 Å². The van der Waals surface area contributed by atoms with Crippen molar-refractivity contribution in [1.82, 2.24) is 15.0 Å². The Morgan fingerprint density at radius 2 is 1.65 bits per heavy atom. The van der Waals surface area contributed by atoms with E-state index in [9.17, 15) is 0 Å². The minimum absolute atomic E-state index is 0.350. The van der Waals surface area contributed by atoms with E-state index in [-0.39, 0.29) is 0 Å². The fraction of sp³-hybridized carbons (Fsp3) is 0.438. The van der Waals surface area contributed by atoms with Gasteiger partial charge in [-0.3, -0.25) is 0 Å². The Kier molecular flexibility index (Phi) is 3.74. The Labute approximate surface area is 119 Å². The van der Waals surface area contributed by atoms with E-state index in [1.807, 2.05) is 37.3 Å². The predicted molar refractivity (Wildman–Crippen MR) is 79.2 cm³/mol. The normalized spacial score (nSPS) is 22.7. The van der Waals surface area contributed by atoms with Crippen LogP contribution >= 0.6 is 0 Å². The van der Waals surface area contributed by atoms with Crippen molar-refractivity contribution < 1.29 is 0 Å². The standard InChI is InChI=1S/C16H20N4/c1-11-18-15(12-5-3-2-4-6-12)20-16(19-11)13-7-9-14(17)10-8-13/h2-6,13-14H,7-10,17H2,1H3. The first-order chi connectivity index (χ1) is 9.72. The summed E-state index contributed by atoms with van der Waals surface area (Å²) in [4.78, 5) is 13.7. The number of benzene rings is 1. The van der Waals surface area contributed by atoms with Gasteiger partial charge >= 0.3 is 0 Å². The van der Waals surface area contributed by atoms with E-state index in [1.165, 1.54) is 0 Å². The molecule has 2 aromatic rings. The lowest BCUT2D eigenvalue weighted by molar-refractivity contribution is 0.384. The van der Waals surface area contributed by atoms with E-state index < -0.39 is 0 Å². The predicted octanol–water partition coefficient (Wildman–Crippen LogP) is 2.83. The van der Waals surface area contributed by atoms with E-state index >= 15 is 0 Å². The van der Waals surface area contributed by atoms with Gasteiger partial charge in [0.2, 0.25) is 0 Å². The lowest BCUT2D eigenvalue weighted by atomic mass is 9.86. The van der Waals surface area contributed by atoms with Gasteiger partial charge < -0.3 is 5.73 Å². The molecule has 0 aliphatic heterocycles. The first-order valence-electron chi connectivity index (χ1n) is 7.26. The van der Waals surface area contributed by atoms with Crippen molar-refractivity contribution in [3.63, 3.8) is 0 Å². The highest BCUT2D eigenvalue weighted by Gasteiger charge is 2.23. The number of rotatable bonds is 2. The number of aryl methyl sites for hydroxylation is 1. The molecule has 0 atom stereocenters. The zero-order valence-corrected chi connectivity index (χ0v) is 11.8. The molecule has 4 nitrogen and oxygen atoms in total. The first kappa shape index (κ1) is 13.2. The molecule has 0 bridgehead atoms. The van der Waals surface area contributed by atoms with E-state index in [2.05, 4.69) is 15.0 Å². The monoisotopic (exact) mass is 268 g/mol. The molecular weight excluding hydrogens is 248 g/mol. The summed E-state index contributed by atoms with van der Waals surface area (Å²) >= 11 is 0. The smallest absolute Gasteiger partial charge is 0.163 e. The number of nitrogens with zero attached hydrogens (tertiary/aromatic N) is 3. The molecule has 1 aromatic heterocycles. The van der Waals surface area contributed by atoms with Gasteiger partial charge in [0.15, 0.2) is 5.82 Å². The van der Waals surface area contributed by atoms with Gasteiger partial charge in [-0.25, -0.2) is 15.0 Å². The van der Waals surface area contributed by atoms with Gasteiger partial charge in [-0.15, -0.1) is 0 Å². The Bertz CT molecular complexity index is 574. The summed E-state index contributed by atoms with van der Waals surface area (Å²) in [6.07, 6.45) is 4.30. The molecule has 1 saturated carbocycles. The second kappa shape index (κ2) is 5.67. The lowest BCUT2D eigenvalue weighted by Crippen LogP contribution is -2.26. The van der Waals surface area contributed by atoms with Crippen molar-refractivity contribution in [1.29, 1.82) is 0 Å².